The Labute approximate surface area is 433 Å². The summed E-state index contributed by atoms with van der Waals surface area (Å²) in [6.45, 7) is 3.01. The normalized spacial score (nSPS) is 12.6. The second-order valence-corrected chi connectivity index (χ2v) is 18.7. The predicted molar refractivity (Wildman–Crippen MR) is 286 cm³/mol. The van der Waals surface area contributed by atoms with Crippen LogP contribution in [0.2, 0.25) is 0 Å². The Bertz CT molecular complexity index is 3160. The lowest BCUT2D eigenvalue weighted by molar-refractivity contribution is -0.118. The largest absolute Gasteiger partial charge is 0.478 e. The van der Waals surface area contributed by atoms with Crippen molar-refractivity contribution in [1.82, 2.24) is 40.0 Å². The first-order valence-electron chi connectivity index (χ1n) is 24.8. The van der Waals surface area contributed by atoms with Gasteiger partial charge in [-0.2, -0.15) is 9.97 Å². The molecule has 3 heterocycles. The van der Waals surface area contributed by atoms with Crippen LogP contribution < -0.4 is 41.4 Å². The van der Waals surface area contributed by atoms with Gasteiger partial charge in [0.15, 0.2) is 17.0 Å². The Hall–Kier alpha value is -7.61. The first-order valence-corrected chi connectivity index (χ1v) is 25.3. The van der Waals surface area contributed by atoms with Gasteiger partial charge in [-0.15, -0.1) is 11.6 Å². The van der Waals surface area contributed by atoms with Gasteiger partial charge in [-0.3, -0.25) is 14.4 Å². The molecule has 20 heteroatoms. The lowest BCUT2D eigenvalue weighted by Crippen LogP contribution is -2.28. The number of carboxylic acids is 1. The van der Waals surface area contributed by atoms with Crippen LogP contribution in [-0.2, 0) is 20.8 Å². The van der Waals surface area contributed by atoms with Gasteiger partial charge in [-0.1, -0.05) is 31.0 Å². The second-order valence-electron chi connectivity index (χ2n) is 18.4. The molecule has 2 aromatic heterocycles. The monoisotopic (exact) mass is 1030 g/mol. The Morgan fingerprint density at radius 3 is 2.19 bits per heavy atom. The van der Waals surface area contributed by atoms with E-state index in [1.54, 1.807) is 24.3 Å². The Balaban J connectivity index is 0.767. The van der Waals surface area contributed by atoms with Crippen molar-refractivity contribution in [3.8, 4) is 22.5 Å². The van der Waals surface area contributed by atoms with E-state index in [1.165, 1.54) is 18.9 Å². The molecule has 0 radical (unpaired) electrons. The number of amides is 3. The van der Waals surface area contributed by atoms with E-state index in [9.17, 15) is 24.3 Å². The molecule has 74 heavy (non-hydrogen) atoms. The molecule has 6 N–H and O–H groups in total. The third-order valence-corrected chi connectivity index (χ3v) is 13.1. The highest BCUT2D eigenvalue weighted by atomic mass is 35.5. The Morgan fingerprint density at radius 2 is 1.50 bits per heavy atom. The smallest absolute Gasteiger partial charge is 0.336 e. The number of nitrogens with one attached hydrogen (secondary N) is 5. The molecule has 3 aromatic carbocycles. The quantitative estimate of drug-likeness (QED) is 0.0171. The molecule has 0 unspecified atom stereocenters. The number of carboxylic acid groups (broad SMARTS) is 1. The van der Waals surface area contributed by atoms with Crippen molar-refractivity contribution in [2.24, 2.45) is 0 Å². The summed E-state index contributed by atoms with van der Waals surface area (Å²) in [6.07, 6.45) is 7.02. The molecule has 0 atom stereocenters. The van der Waals surface area contributed by atoms with Gasteiger partial charge in [0.25, 0.3) is 11.8 Å². The van der Waals surface area contributed by atoms with Crippen LogP contribution in [0.1, 0.15) is 74.8 Å². The van der Waals surface area contributed by atoms with Crippen LogP contribution in [0.4, 0.5) is 17.5 Å². The molecule has 8 rings (SSSR count). The van der Waals surface area contributed by atoms with E-state index in [-0.39, 0.29) is 61.8 Å². The predicted octanol–water partition coefficient (Wildman–Crippen LogP) is 6.22. The van der Waals surface area contributed by atoms with Gasteiger partial charge in [0, 0.05) is 98.3 Å². The van der Waals surface area contributed by atoms with Gasteiger partial charge in [0.1, 0.15) is 31.3 Å². The maximum atomic E-state index is 13.2. The molecule has 3 amide bonds. The van der Waals surface area contributed by atoms with Crippen LogP contribution in [0.25, 0.3) is 44.6 Å². The number of aromatic nitrogens is 4. The summed E-state index contributed by atoms with van der Waals surface area (Å²) in [5.41, 5.74) is 6.53. The van der Waals surface area contributed by atoms with Crippen molar-refractivity contribution in [3.05, 3.63) is 113 Å². The first-order chi connectivity index (χ1) is 35.9. The van der Waals surface area contributed by atoms with Crippen LogP contribution in [0.3, 0.4) is 0 Å². The van der Waals surface area contributed by atoms with Crippen LogP contribution in [-0.4, -0.2) is 135 Å². The summed E-state index contributed by atoms with van der Waals surface area (Å²) >= 11 is 5.58. The summed E-state index contributed by atoms with van der Waals surface area (Å²) in [7, 11) is 7.76. The van der Waals surface area contributed by atoms with Crippen LogP contribution in [0, 0.1) is 0 Å². The van der Waals surface area contributed by atoms with E-state index < -0.39 is 11.9 Å². The average Bonchev–Trinajstić information content (AvgIpc) is 4.11. The molecule has 1 saturated carbocycles. The molecule has 5 aromatic rings. The zero-order valence-corrected chi connectivity index (χ0v) is 42.9. The van der Waals surface area contributed by atoms with E-state index in [1.807, 2.05) is 92.5 Å². The number of rotatable bonds is 24. The number of halogens is 1. The molecule has 0 saturated heterocycles. The minimum Gasteiger partial charge on any atom is -0.478 e. The molecule has 1 aliphatic heterocycles. The molecule has 2 aliphatic carbocycles. The molecule has 1 fully saturated rings. The summed E-state index contributed by atoms with van der Waals surface area (Å²) in [6, 6.07) is 24.0. The standard InChI is InChI=1S/C54H62ClN11O8/c1-64(2)38-15-18-41-44(29-38)74-45-30-39(65(3)4)16-19-42(45)47(41)40-17-14-36(28-43(40)53(70)71)52(69)58-23-25-73-27-26-72-24-22-57-51(68)35-12-10-34(11-13-35)32-60-49-48-50(66(33-61-48)37-8-5-6-9-37)63-54(62-49)59-21-7-20-56-46(67)31-55/h10-19,28-30,33,37H,5-9,20-27,31-32H2,1-4H3,(H5-,56,57,58,59,60,62,63,67,68,69,70,71)/p+1. The number of benzene rings is 4. The summed E-state index contributed by atoms with van der Waals surface area (Å²) in [5.74, 6) is -0.437. The highest BCUT2D eigenvalue weighted by molar-refractivity contribution is 6.27. The summed E-state index contributed by atoms with van der Waals surface area (Å²) in [4.78, 5) is 66.7. The molecule has 3 aliphatic rings. The van der Waals surface area contributed by atoms with Gasteiger partial charge in [-0.25, -0.2) is 14.4 Å². The van der Waals surface area contributed by atoms with E-state index in [4.69, 9.17) is 40.4 Å². The fourth-order valence-corrected chi connectivity index (χ4v) is 8.98. The number of ether oxygens (including phenoxy) is 2. The third-order valence-electron chi connectivity index (χ3n) is 12.8. The number of alkyl halides is 1. The fraction of sp³-hybridized carbons (Fsp3) is 0.370. The number of imidazole rings is 1. The minimum atomic E-state index is -1.16. The van der Waals surface area contributed by atoms with Gasteiger partial charge in [0.05, 0.1) is 44.4 Å². The van der Waals surface area contributed by atoms with E-state index >= 15 is 0 Å². The number of nitrogens with zero attached hydrogens (tertiary/aromatic N) is 6. The van der Waals surface area contributed by atoms with Crippen LogP contribution in [0.15, 0.2) is 89.6 Å². The van der Waals surface area contributed by atoms with Crippen molar-refractivity contribution in [2.45, 2.75) is 44.7 Å². The van der Waals surface area contributed by atoms with Gasteiger partial charge < -0.3 is 55.0 Å². The van der Waals surface area contributed by atoms with E-state index in [2.05, 4.69) is 31.2 Å². The van der Waals surface area contributed by atoms with Crippen LogP contribution in [0.5, 0.6) is 0 Å². The zero-order chi connectivity index (χ0) is 52.1. The minimum absolute atomic E-state index is 0.0137. The Kier molecular flexibility index (Phi) is 17.7. The van der Waals surface area contributed by atoms with Crippen molar-refractivity contribution >= 4 is 74.9 Å². The van der Waals surface area contributed by atoms with Crippen molar-refractivity contribution in [1.29, 1.82) is 0 Å². The van der Waals surface area contributed by atoms with E-state index in [0.29, 0.717) is 84.0 Å². The van der Waals surface area contributed by atoms with Gasteiger partial charge in [0.2, 0.25) is 17.2 Å². The van der Waals surface area contributed by atoms with Crippen LogP contribution >= 0.6 is 11.6 Å². The molecular weight excluding hydrogens is 966 g/mol. The second kappa shape index (κ2) is 24.9. The SMILES string of the molecule is CN(C)c1ccc2c(-c3ccc(C(=O)NCCOCCOCCNC(=O)c4ccc(CNc5nc(NCCCNC(=O)CCl)nc6c5ncn6C5CCCC5)cc4)cc3C(=O)O)c3ccc(=[N+](C)C)cc-3oc2c1. The number of hydrogen-bond acceptors (Lipinski definition) is 13. The molecule has 19 nitrogen and oxygen atoms in total. The van der Waals surface area contributed by atoms with Gasteiger partial charge >= 0.3 is 5.97 Å². The number of fused-ring (bicyclic) bond motifs is 3. The first kappa shape index (κ1) is 52.7. The van der Waals surface area contributed by atoms with Crippen molar-refractivity contribution < 1.29 is 38.2 Å². The summed E-state index contributed by atoms with van der Waals surface area (Å²) in [5, 5.41) is 27.3. The summed E-state index contributed by atoms with van der Waals surface area (Å²) < 4.78 is 21.8. The lowest BCUT2D eigenvalue weighted by atomic mass is 9.89. The number of carbonyl (C=O) groups is 4. The topological polar surface area (TPSA) is 230 Å². The number of aromatic carboxylic acids is 1. The number of anilines is 3. The van der Waals surface area contributed by atoms with Crippen molar-refractivity contribution in [2.75, 3.05) is 102 Å². The van der Waals surface area contributed by atoms with Gasteiger partial charge in [-0.05, 0) is 72.9 Å². The average molecular weight is 1030 g/mol. The molecular formula is C54H63ClN11O8+. The molecule has 0 spiro atoms. The molecule has 0 bridgehead atoms. The third kappa shape index (κ3) is 12.9. The Morgan fingerprint density at radius 1 is 0.797 bits per heavy atom. The highest BCUT2D eigenvalue weighted by Crippen LogP contribution is 2.42. The van der Waals surface area contributed by atoms with Crippen molar-refractivity contribution in [3.63, 3.8) is 0 Å². The number of hydrogen-bond donors (Lipinski definition) is 6. The zero-order valence-electron chi connectivity index (χ0n) is 42.1. The lowest BCUT2D eigenvalue weighted by Gasteiger charge is -2.19. The van der Waals surface area contributed by atoms with E-state index in [0.717, 1.165) is 46.0 Å². The maximum absolute atomic E-state index is 13.2. The molecule has 388 valence electrons. The highest BCUT2D eigenvalue weighted by Gasteiger charge is 2.25. The maximum Gasteiger partial charge on any atom is 0.336 e. The fourth-order valence-electron chi connectivity index (χ4n) is 8.89. The number of carbonyl (C=O) groups excluding carboxylic acids is 3.